The zero-order valence-corrected chi connectivity index (χ0v) is 11.7. The van der Waals surface area contributed by atoms with Crippen molar-refractivity contribution < 1.29 is 4.74 Å². The van der Waals surface area contributed by atoms with Gasteiger partial charge in [-0.1, -0.05) is 56.8 Å². The van der Waals surface area contributed by atoms with Crippen molar-refractivity contribution in [2.75, 3.05) is 0 Å². The molecule has 1 atom stereocenters. The minimum Gasteiger partial charge on any atom is -0.374 e. The summed E-state index contributed by atoms with van der Waals surface area (Å²) < 4.78 is 5.97. The van der Waals surface area contributed by atoms with Crippen LogP contribution in [0.5, 0.6) is 0 Å². The van der Waals surface area contributed by atoms with Crippen molar-refractivity contribution in [3.63, 3.8) is 0 Å². The predicted molar refractivity (Wildman–Crippen MR) is 74.5 cm³/mol. The van der Waals surface area contributed by atoms with Crippen molar-refractivity contribution in [3.05, 3.63) is 34.9 Å². The lowest BCUT2D eigenvalue weighted by Crippen LogP contribution is -2.12. The lowest BCUT2D eigenvalue weighted by Gasteiger charge is -2.17. The SMILES string of the molecule is CCCCC(CCC)OCc1cccc(Cl)c1. The number of ether oxygens (including phenoxy) is 1. The fourth-order valence-corrected chi connectivity index (χ4v) is 2.12. The summed E-state index contributed by atoms with van der Waals surface area (Å²) in [6.07, 6.45) is 6.40. The minimum atomic E-state index is 0.402. The third-order valence-electron chi connectivity index (χ3n) is 2.87. The van der Waals surface area contributed by atoms with E-state index < -0.39 is 0 Å². The Morgan fingerprint density at radius 2 is 2.00 bits per heavy atom. The number of halogens is 1. The summed E-state index contributed by atoms with van der Waals surface area (Å²) in [5, 5.41) is 0.784. The molecule has 1 aromatic rings. The summed E-state index contributed by atoms with van der Waals surface area (Å²) in [6.45, 7) is 5.11. The molecule has 0 heterocycles. The maximum absolute atomic E-state index is 5.97. The van der Waals surface area contributed by atoms with Crippen LogP contribution in [0.4, 0.5) is 0 Å². The summed E-state index contributed by atoms with van der Waals surface area (Å²) in [7, 11) is 0. The first-order valence-corrected chi connectivity index (χ1v) is 7.00. The van der Waals surface area contributed by atoms with Crippen LogP contribution in [-0.4, -0.2) is 6.10 Å². The molecular weight excluding hydrogens is 232 g/mol. The van der Waals surface area contributed by atoms with Gasteiger partial charge in [0.15, 0.2) is 0 Å². The molecule has 0 radical (unpaired) electrons. The van der Waals surface area contributed by atoms with Crippen molar-refractivity contribution in [3.8, 4) is 0 Å². The van der Waals surface area contributed by atoms with Crippen LogP contribution in [-0.2, 0) is 11.3 Å². The zero-order chi connectivity index (χ0) is 12.5. The van der Waals surface area contributed by atoms with Gasteiger partial charge in [0.2, 0.25) is 0 Å². The van der Waals surface area contributed by atoms with Crippen LogP contribution >= 0.6 is 11.6 Å². The van der Waals surface area contributed by atoms with E-state index >= 15 is 0 Å². The van der Waals surface area contributed by atoms with Gasteiger partial charge in [-0.3, -0.25) is 0 Å². The van der Waals surface area contributed by atoms with Crippen LogP contribution in [0.25, 0.3) is 0 Å². The van der Waals surface area contributed by atoms with Crippen molar-refractivity contribution >= 4 is 11.6 Å². The van der Waals surface area contributed by atoms with E-state index in [0.717, 1.165) is 17.0 Å². The Labute approximate surface area is 110 Å². The van der Waals surface area contributed by atoms with Gasteiger partial charge >= 0.3 is 0 Å². The monoisotopic (exact) mass is 254 g/mol. The lowest BCUT2D eigenvalue weighted by molar-refractivity contribution is 0.0276. The molecule has 0 saturated carbocycles. The van der Waals surface area contributed by atoms with Crippen molar-refractivity contribution in [2.24, 2.45) is 0 Å². The van der Waals surface area contributed by atoms with Gasteiger partial charge < -0.3 is 4.74 Å². The van der Waals surface area contributed by atoms with Gasteiger partial charge in [0.05, 0.1) is 12.7 Å². The Hall–Kier alpha value is -0.530. The molecule has 0 aliphatic heterocycles. The normalized spacial score (nSPS) is 12.6. The Balaban J connectivity index is 2.39. The van der Waals surface area contributed by atoms with E-state index in [0.29, 0.717) is 12.7 Å². The third kappa shape index (κ3) is 6.09. The molecular formula is C15H23ClO. The zero-order valence-electron chi connectivity index (χ0n) is 10.9. The van der Waals surface area contributed by atoms with Crippen LogP contribution in [0.2, 0.25) is 5.02 Å². The van der Waals surface area contributed by atoms with Crippen LogP contribution in [0.1, 0.15) is 51.5 Å². The molecule has 0 spiro atoms. The van der Waals surface area contributed by atoms with E-state index in [2.05, 4.69) is 19.9 Å². The van der Waals surface area contributed by atoms with Gasteiger partial charge in [-0.05, 0) is 30.5 Å². The molecule has 0 bridgehead atoms. The summed E-state index contributed by atoms with van der Waals surface area (Å²) in [6, 6.07) is 7.91. The summed E-state index contributed by atoms with van der Waals surface area (Å²) in [5.74, 6) is 0. The van der Waals surface area contributed by atoms with Gasteiger partial charge in [-0.15, -0.1) is 0 Å². The van der Waals surface area contributed by atoms with E-state index in [1.54, 1.807) is 0 Å². The van der Waals surface area contributed by atoms with Crippen molar-refractivity contribution in [2.45, 2.75) is 58.7 Å². The molecule has 1 aromatic carbocycles. The standard InChI is InChI=1S/C15H23ClO/c1-3-5-10-15(7-4-2)17-12-13-8-6-9-14(16)11-13/h6,8-9,11,15H,3-5,7,10,12H2,1-2H3. The number of benzene rings is 1. The largest absolute Gasteiger partial charge is 0.374 e. The molecule has 2 heteroatoms. The first kappa shape index (κ1) is 14.5. The van der Waals surface area contributed by atoms with E-state index in [1.165, 1.54) is 25.7 Å². The minimum absolute atomic E-state index is 0.402. The Morgan fingerprint density at radius 1 is 1.18 bits per heavy atom. The van der Waals surface area contributed by atoms with Gasteiger partial charge in [0, 0.05) is 5.02 Å². The molecule has 0 aromatic heterocycles. The molecule has 0 amide bonds. The molecule has 17 heavy (non-hydrogen) atoms. The van der Waals surface area contributed by atoms with Crippen LogP contribution in [0.3, 0.4) is 0 Å². The summed E-state index contributed by atoms with van der Waals surface area (Å²) in [5.41, 5.74) is 1.16. The number of hydrogen-bond acceptors (Lipinski definition) is 1. The fraction of sp³-hybridized carbons (Fsp3) is 0.600. The highest BCUT2D eigenvalue weighted by atomic mass is 35.5. The molecule has 1 nitrogen and oxygen atoms in total. The fourth-order valence-electron chi connectivity index (χ4n) is 1.91. The average molecular weight is 255 g/mol. The molecule has 0 aliphatic rings. The Kier molecular flexibility index (Phi) is 7.30. The van der Waals surface area contributed by atoms with Gasteiger partial charge in [0.1, 0.15) is 0 Å². The van der Waals surface area contributed by atoms with E-state index in [4.69, 9.17) is 16.3 Å². The number of unbranched alkanes of at least 4 members (excludes halogenated alkanes) is 1. The molecule has 1 unspecified atom stereocenters. The molecule has 0 saturated heterocycles. The first-order chi connectivity index (χ1) is 8.26. The van der Waals surface area contributed by atoms with E-state index in [9.17, 15) is 0 Å². The molecule has 0 fully saturated rings. The van der Waals surface area contributed by atoms with Gasteiger partial charge in [0.25, 0.3) is 0 Å². The lowest BCUT2D eigenvalue weighted by atomic mass is 10.1. The molecule has 96 valence electrons. The average Bonchev–Trinajstić information content (AvgIpc) is 2.33. The van der Waals surface area contributed by atoms with Crippen LogP contribution < -0.4 is 0 Å². The van der Waals surface area contributed by atoms with E-state index in [-0.39, 0.29) is 0 Å². The van der Waals surface area contributed by atoms with Crippen LogP contribution in [0, 0.1) is 0 Å². The maximum atomic E-state index is 5.97. The predicted octanol–water partition coefficient (Wildman–Crippen LogP) is 5.22. The van der Waals surface area contributed by atoms with Gasteiger partial charge in [-0.25, -0.2) is 0 Å². The summed E-state index contributed by atoms with van der Waals surface area (Å²) in [4.78, 5) is 0. The first-order valence-electron chi connectivity index (χ1n) is 6.62. The topological polar surface area (TPSA) is 9.23 Å². The highest BCUT2D eigenvalue weighted by molar-refractivity contribution is 6.30. The maximum Gasteiger partial charge on any atom is 0.0721 e. The second-order valence-electron chi connectivity index (χ2n) is 4.49. The Bertz CT molecular complexity index is 312. The van der Waals surface area contributed by atoms with Crippen molar-refractivity contribution in [1.82, 2.24) is 0 Å². The highest BCUT2D eigenvalue weighted by Crippen LogP contribution is 2.16. The van der Waals surface area contributed by atoms with Crippen LogP contribution in [0.15, 0.2) is 24.3 Å². The van der Waals surface area contributed by atoms with Gasteiger partial charge in [-0.2, -0.15) is 0 Å². The summed E-state index contributed by atoms with van der Waals surface area (Å²) >= 11 is 5.95. The third-order valence-corrected chi connectivity index (χ3v) is 3.10. The number of hydrogen-bond donors (Lipinski definition) is 0. The van der Waals surface area contributed by atoms with E-state index in [1.807, 2.05) is 18.2 Å². The second kappa shape index (κ2) is 8.54. The molecule has 0 N–H and O–H groups in total. The number of rotatable bonds is 8. The second-order valence-corrected chi connectivity index (χ2v) is 4.93. The molecule has 1 rings (SSSR count). The quantitative estimate of drug-likeness (QED) is 0.618. The smallest absolute Gasteiger partial charge is 0.0721 e. The Morgan fingerprint density at radius 3 is 2.65 bits per heavy atom. The van der Waals surface area contributed by atoms with Crippen molar-refractivity contribution in [1.29, 1.82) is 0 Å². The highest BCUT2D eigenvalue weighted by Gasteiger charge is 2.07. The molecule has 0 aliphatic carbocycles.